The fourth-order valence-corrected chi connectivity index (χ4v) is 4.14. The van der Waals surface area contributed by atoms with E-state index in [1.165, 1.54) is 4.88 Å². The molecule has 0 spiro atoms. The van der Waals surface area contributed by atoms with Gasteiger partial charge < -0.3 is 15.3 Å². The second-order valence-electron chi connectivity index (χ2n) is 7.35. The molecule has 0 aliphatic carbocycles. The van der Waals surface area contributed by atoms with Crippen LogP contribution in [0, 0.1) is 0 Å². The van der Waals surface area contributed by atoms with Gasteiger partial charge in [0.05, 0.1) is 0 Å². The third-order valence-electron chi connectivity index (χ3n) is 4.57. The molecule has 0 bridgehead atoms. The molecular weight excluding hydrogens is 402 g/mol. The third-order valence-corrected chi connectivity index (χ3v) is 5.56. The number of hydrogen-bond acceptors (Lipinski definition) is 5. The molecule has 1 heterocycles. The summed E-state index contributed by atoms with van der Waals surface area (Å²) in [6, 6.07) is 13.1. The molecule has 0 saturated carbocycles. The fraction of sp³-hybridized carbons (Fsp3) is 0.391. The molecule has 2 rings (SSSR count). The Balaban J connectivity index is 0.000000479. The molecule has 6 nitrogen and oxygen atoms in total. The Morgan fingerprint density at radius 2 is 1.53 bits per heavy atom. The van der Waals surface area contributed by atoms with Gasteiger partial charge in [-0.15, -0.1) is 11.3 Å². The van der Waals surface area contributed by atoms with Crippen LogP contribution in [0.5, 0.6) is 5.75 Å². The number of aliphatic carboxylic acids is 2. The Kier molecular flexibility index (Phi) is 10.9. The van der Waals surface area contributed by atoms with Gasteiger partial charge in [-0.1, -0.05) is 24.3 Å². The minimum atomic E-state index is -1.26. The third kappa shape index (κ3) is 8.80. The van der Waals surface area contributed by atoms with E-state index in [0.29, 0.717) is 30.0 Å². The summed E-state index contributed by atoms with van der Waals surface area (Å²) in [5.41, 5.74) is 1.04. The van der Waals surface area contributed by atoms with Gasteiger partial charge in [-0.3, -0.25) is 4.90 Å². The first-order valence-electron chi connectivity index (χ1n) is 9.84. The van der Waals surface area contributed by atoms with E-state index in [4.69, 9.17) is 10.2 Å². The second-order valence-corrected chi connectivity index (χ2v) is 8.33. The van der Waals surface area contributed by atoms with Gasteiger partial charge in [0.1, 0.15) is 5.75 Å². The summed E-state index contributed by atoms with van der Waals surface area (Å²) in [5.74, 6) is -1.84. The highest BCUT2D eigenvalue weighted by Gasteiger charge is 2.21. The zero-order valence-corrected chi connectivity index (χ0v) is 18.7. The van der Waals surface area contributed by atoms with Crippen molar-refractivity contribution in [2.75, 3.05) is 6.54 Å². The first-order valence-corrected chi connectivity index (χ1v) is 10.7. The van der Waals surface area contributed by atoms with Crippen molar-refractivity contribution >= 4 is 23.3 Å². The zero-order valence-electron chi connectivity index (χ0n) is 17.9. The lowest BCUT2D eigenvalue weighted by molar-refractivity contribution is -0.134. The highest BCUT2D eigenvalue weighted by atomic mass is 32.1. The number of nitrogens with zero attached hydrogens (tertiary/aromatic N) is 1. The Morgan fingerprint density at radius 1 is 0.967 bits per heavy atom. The van der Waals surface area contributed by atoms with Crippen molar-refractivity contribution in [3.63, 3.8) is 0 Å². The lowest BCUT2D eigenvalue weighted by Crippen LogP contribution is -2.38. The van der Waals surface area contributed by atoms with E-state index in [2.05, 4.69) is 56.2 Å². The van der Waals surface area contributed by atoms with Crippen molar-refractivity contribution in [1.82, 2.24) is 4.90 Å². The minimum absolute atomic E-state index is 0.265. The van der Waals surface area contributed by atoms with E-state index >= 15 is 0 Å². The Bertz CT molecular complexity index is 791. The van der Waals surface area contributed by atoms with Gasteiger partial charge in [0.25, 0.3) is 0 Å². The number of carboxylic acids is 2. The molecule has 0 amide bonds. The second kappa shape index (κ2) is 12.8. The highest BCUT2D eigenvalue weighted by Crippen LogP contribution is 2.36. The number of thiophene rings is 1. The van der Waals surface area contributed by atoms with Crippen LogP contribution in [0.4, 0.5) is 0 Å². The molecule has 1 unspecified atom stereocenters. The molecule has 30 heavy (non-hydrogen) atoms. The molecule has 1 aromatic carbocycles. The quantitative estimate of drug-likeness (QED) is 0.491. The van der Waals surface area contributed by atoms with Crippen molar-refractivity contribution in [2.45, 2.75) is 52.1 Å². The molecular formula is C23H31NO5S. The number of carboxylic acid groups (broad SMARTS) is 2. The van der Waals surface area contributed by atoms with Gasteiger partial charge in [0, 0.05) is 40.6 Å². The molecule has 0 aliphatic rings. The van der Waals surface area contributed by atoms with Crippen LogP contribution in [-0.4, -0.2) is 50.8 Å². The maximum atomic E-state index is 10.3. The largest absolute Gasteiger partial charge is 0.508 e. The molecule has 0 fully saturated rings. The van der Waals surface area contributed by atoms with E-state index in [9.17, 15) is 14.7 Å². The van der Waals surface area contributed by atoms with E-state index in [1.54, 1.807) is 17.4 Å². The van der Waals surface area contributed by atoms with E-state index < -0.39 is 11.9 Å². The number of phenolic OH excluding ortho intramolecular Hbond substituents is 1. The van der Waals surface area contributed by atoms with Crippen LogP contribution in [-0.2, 0) is 9.59 Å². The standard InChI is InChI=1S/C19H27NOS.C4H4O4/c1-14(2)20(15(3)4)12-11-17(19-10-7-13-22-19)16-8-5-6-9-18(16)21;5-3(6)1-2-4(7)8/h5-10,13-15,17,21H,11-12H2,1-4H3;1-2H,(H,5,6)(H,7,8)/b;2-1+. The van der Waals surface area contributed by atoms with Crippen molar-refractivity contribution in [3.05, 3.63) is 64.4 Å². The van der Waals surface area contributed by atoms with Crippen LogP contribution in [0.2, 0.25) is 0 Å². The average Bonchev–Trinajstić information content (AvgIpc) is 3.19. The van der Waals surface area contributed by atoms with Gasteiger partial charge in [0.15, 0.2) is 0 Å². The Hall–Kier alpha value is -2.64. The van der Waals surface area contributed by atoms with Gasteiger partial charge in [-0.2, -0.15) is 0 Å². The predicted octanol–water partition coefficient (Wildman–Crippen LogP) is 4.81. The predicted molar refractivity (Wildman–Crippen MR) is 120 cm³/mol. The molecule has 0 radical (unpaired) electrons. The molecule has 3 N–H and O–H groups in total. The average molecular weight is 434 g/mol. The van der Waals surface area contributed by atoms with Gasteiger partial charge in [0.2, 0.25) is 0 Å². The number of hydrogen-bond donors (Lipinski definition) is 3. The molecule has 0 saturated heterocycles. The zero-order chi connectivity index (χ0) is 22.7. The van der Waals surface area contributed by atoms with Crippen LogP contribution in [0.15, 0.2) is 53.9 Å². The SMILES string of the molecule is CC(C)N(CCC(c1cccs1)c1ccccc1O)C(C)C.O=C(O)/C=C/C(=O)O. The molecule has 1 aromatic heterocycles. The monoisotopic (exact) mass is 433 g/mol. The summed E-state index contributed by atoms with van der Waals surface area (Å²) in [6.45, 7) is 10.0. The normalized spacial score (nSPS) is 12.2. The number of aromatic hydroxyl groups is 1. The van der Waals surface area contributed by atoms with Crippen LogP contribution < -0.4 is 0 Å². The van der Waals surface area contributed by atoms with Crippen molar-refractivity contribution in [1.29, 1.82) is 0 Å². The van der Waals surface area contributed by atoms with Crippen molar-refractivity contribution < 1.29 is 24.9 Å². The lowest BCUT2D eigenvalue weighted by atomic mass is 9.92. The van der Waals surface area contributed by atoms with Gasteiger partial charge >= 0.3 is 11.9 Å². The topological polar surface area (TPSA) is 98.1 Å². The van der Waals surface area contributed by atoms with E-state index in [1.807, 2.05) is 12.1 Å². The number of rotatable bonds is 9. The summed E-state index contributed by atoms with van der Waals surface area (Å²) in [4.78, 5) is 22.9. The Morgan fingerprint density at radius 3 is 1.97 bits per heavy atom. The van der Waals surface area contributed by atoms with Crippen LogP contribution in [0.1, 0.15) is 50.5 Å². The summed E-state index contributed by atoms with van der Waals surface area (Å²) in [6.07, 6.45) is 2.14. The van der Waals surface area contributed by atoms with Crippen LogP contribution >= 0.6 is 11.3 Å². The smallest absolute Gasteiger partial charge is 0.328 e. The fourth-order valence-electron chi connectivity index (χ4n) is 3.26. The summed E-state index contributed by atoms with van der Waals surface area (Å²) < 4.78 is 0. The first-order chi connectivity index (χ1) is 14.1. The Labute approximate surface area is 182 Å². The number of benzene rings is 1. The molecule has 7 heteroatoms. The van der Waals surface area contributed by atoms with E-state index in [0.717, 1.165) is 18.5 Å². The van der Waals surface area contributed by atoms with Crippen molar-refractivity contribution in [2.24, 2.45) is 0 Å². The summed E-state index contributed by atoms with van der Waals surface area (Å²) in [7, 11) is 0. The summed E-state index contributed by atoms with van der Waals surface area (Å²) >= 11 is 1.77. The lowest BCUT2D eigenvalue weighted by Gasteiger charge is -2.32. The minimum Gasteiger partial charge on any atom is -0.508 e. The van der Waals surface area contributed by atoms with Crippen LogP contribution in [0.3, 0.4) is 0 Å². The molecule has 2 aromatic rings. The van der Waals surface area contributed by atoms with Crippen molar-refractivity contribution in [3.8, 4) is 5.75 Å². The van der Waals surface area contributed by atoms with Gasteiger partial charge in [-0.05, 0) is 58.2 Å². The highest BCUT2D eigenvalue weighted by molar-refractivity contribution is 7.10. The molecule has 0 aliphatic heterocycles. The van der Waals surface area contributed by atoms with E-state index in [-0.39, 0.29) is 5.92 Å². The van der Waals surface area contributed by atoms with Crippen LogP contribution in [0.25, 0.3) is 0 Å². The summed E-state index contributed by atoms with van der Waals surface area (Å²) in [5, 5.41) is 28.0. The number of phenols is 1. The molecule has 164 valence electrons. The number of para-hydroxylation sites is 1. The first kappa shape index (κ1) is 25.4. The number of carbonyl (C=O) groups is 2. The maximum absolute atomic E-state index is 10.3. The van der Waals surface area contributed by atoms with Gasteiger partial charge in [-0.25, -0.2) is 9.59 Å². The maximum Gasteiger partial charge on any atom is 0.328 e. The molecule has 1 atom stereocenters.